The van der Waals surface area contributed by atoms with E-state index in [-0.39, 0.29) is 11.5 Å². The van der Waals surface area contributed by atoms with Gasteiger partial charge in [-0.25, -0.2) is 0 Å². The van der Waals surface area contributed by atoms with Gasteiger partial charge >= 0.3 is 0 Å². The van der Waals surface area contributed by atoms with Crippen LogP contribution in [-0.2, 0) is 4.74 Å². The van der Waals surface area contributed by atoms with Crippen molar-refractivity contribution in [2.24, 2.45) is 0 Å². The molecule has 2 fully saturated rings. The summed E-state index contributed by atoms with van der Waals surface area (Å²) < 4.78 is 6.89. The van der Waals surface area contributed by atoms with Crippen molar-refractivity contribution in [1.82, 2.24) is 24.7 Å². The van der Waals surface area contributed by atoms with Crippen LogP contribution in [0.3, 0.4) is 0 Å². The molecule has 5 aromatic rings. The second-order valence-corrected chi connectivity index (χ2v) is 10.5. The van der Waals surface area contributed by atoms with Gasteiger partial charge in [-0.15, -0.1) is 0 Å². The molecule has 2 aromatic heterocycles. The lowest BCUT2D eigenvalue weighted by molar-refractivity contribution is 0.122. The third-order valence-corrected chi connectivity index (χ3v) is 7.79. The molecule has 0 bridgehead atoms. The molecule has 1 saturated heterocycles. The SMILES string of the molecule is Cc1c(-c2nc(N)nc(Nc3ccc(N4CCOCC4)cc3)n2)cccc1-n1ncc2cc(C3CC3)ccc2c1=O. The molecule has 1 saturated carbocycles. The van der Waals surface area contributed by atoms with E-state index in [2.05, 4.69) is 54.5 Å². The topological polar surface area (TPSA) is 124 Å². The van der Waals surface area contributed by atoms with Crippen LogP contribution in [0.1, 0.15) is 29.9 Å². The zero-order chi connectivity index (χ0) is 27.9. The molecule has 10 nitrogen and oxygen atoms in total. The van der Waals surface area contributed by atoms with Gasteiger partial charge in [-0.2, -0.15) is 24.7 Å². The molecule has 2 aliphatic rings. The number of hydrogen-bond acceptors (Lipinski definition) is 9. The second-order valence-electron chi connectivity index (χ2n) is 10.5. The molecule has 10 heteroatoms. The summed E-state index contributed by atoms with van der Waals surface area (Å²) in [7, 11) is 0. The minimum Gasteiger partial charge on any atom is -0.378 e. The van der Waals surface area contributed by atoms with Gasteiger partial charge in [-0.05, 0) is 79.3 Å². The summed E-state index contributed by atoms with van der Waals surface area (Å²) in [5, 5.41) is 9.28. The van der Waals surface area contributed by atoms with E-state index < -0.39 is 0 Å². The van der Waals surface area contributed by atoms with E-state index in [9.17, 15) is 4.79 Å². The van der Waals surface area contributed by atoms with Crippen LogP contribution in [-0.4, -0.2) is 51.0 Å². The summed E-state index contributed by atoms with van der Waals surface area (Å²) in [6, 6.07) is 19.8. The number of anilines is 4. The third kappa shape index (κ3) is 4.98. The van der Waals surface area contributed by atoms with Crippen LogP contribution >= 0.6 is 0 Å². The van der Waals surface area contributed by atoms with Crippen molar-refractivity contribution >= 4 is 34.0 Å². The first kappa shape index (κ1) is 25.2. The zero-order valence-electron chi connectivity index (χ0n) is 22.7. The number of rotatable bonds is 6. The second kappa shape index (κ2) is 10.3. The number of nitrogens with one attached hydrogen (secondary N) is 1. The average Bonchev–Trinajstić information content (AvgIpc) is 3.84. The highest BCUT2D eigenvalue weighted by Gasteiger charge is 2.24. The van der Waals surface area contributed by atoms with Gasteiger partial charge in [0.05, 0.1) is 30.5 Å². The minimum atomic E-state index is -0.164. The molecule has 7 rings (SSSR count). The van der Waals surface area contributed by atoms with E-state index in [0.717, 1.165) is 54.2 Å². The molecule has 1 aliphatic carbocycles. The Morgan fingerprint density at radius 1 is 0.976 bits per heavy atom. The van der Waals surface area contributed by atoms with Crippen molar-refractivity contribution in [2.45, 2.75) is 25.7 Å². The van der Waals surface area contributed by atoms with Gasteiger partial charge in [0, 0.05) is 35.4 Å². The van der Waals surface area contributed by atoms with Crippen LogP contribution < -0.4 is 21.5 Å². The Kier molecular flexibility index (Phi) is 6.31. The number of aromatic nitrogens is 5. The predicted molar refractivity (Wildman–Crippen MR) is 160 cm³/mol. The maximum atomic E-state index is 13.5. The van der Waals surface area contributed by atoms with Crippen molar-refractivity contribution in [3.63, 3.8) is 0 Å². The van der Waals surface area contributed by atoms with Gasteiger partial charge < -0.3 is 20.7 Å². The molecule has 3 N–H and O–H groups in total. The van der Waals surface area contributed by atoms with Crippen LogP contribution in [0.5, 0.6) is 0 Å². The van der Waals surface area contributed by atoms with E-state index in [4.69, 9.17) is 10.5 Å². The van der Waals surface area contributed by atoms with Crippen LogP contribution in [0.2, 0.25) is 0 Å². The first-order valence-electron chi connectivity index (χ1n) is 13.9. The maximum absolute atomic E-state index is 13.5. The van der Waals surface area contributed by atoms with Gasteiger partial charge in [-0.3, -0.25) is 4.79 Å². The predicted octanol–water partition coefficient (Wildman–Crippen LogP) is 4.59. The van der Waals surface area contributed by atoms with Gasteiger partial charge in [0.25, 0.3) is 5.56 Å². The van der Waals surface area contributed by atoms with Crippen LogP contribution in [0.15, 0.2) is 71.7 Å². The lowest BCUT2D eigenvalue weighted by Crippen LogP contribution is -2.36. The highest BCUT2D eigenvalue weighted by atomic mass is 16.5. The Morgan fingerprint density at radius 2 is 1.78 bits per heavy atom. The first-order valence-corrected chi connectivity index (χ1v) is 13.9. The minimum absolute atomic E-state index is 0.0969. The molecule has 0 radical (unpaired) electrons. The molecule has 3 aromatic carbocycles. The Labute approximate surface area is 236 Å². The summed E-state index contributed by atoms with van der Waals surface area (Å²) in [6.45, 7) is 5.15. The molecule has 206 valence electrons. The van der Waals surface area contributed by atoms with E-state index in [0.29, 0.717) is 28.8 Å². The zero-order valence-corrected chi connectivity index (χ0v) is 22.7. The maximum Gasteiger partial charge on any atom is 0.279 e. The monoisotopic (exact) mass is 546 g/mol. The van der Waals surface area contributed by atoms with Crippen LogP contribution in [0.4, 0.5) is 23.3 Å². The molecule has 3 heterocycles. The summed E-state index contributed by atoms with van der Waals surface area (Å²) in [5.74, 6) is 1.46. The molecule has 0 atom stereocenters. The Morgan fingerprint density at radius 3 is 2.56 bits per heavy atom. The fourth-order valence-corrected chi connectivity index (χ4v) is 5.38. The normalized spacial score (nSPS) is 15.3. The molecule has 0 amide bonds. The summed E-state index contributed by atoms with van der Waals surface area (Å²) in [4.78, 5) is 29.1. The van der Waals surface area contributed by atoms with Crippen molar-refractivity contribution < 1.29 is 4.74 Å². The largest absolute Gasteiger partial charge is 0.378 e. The molecule has 0 unspecified atom stereocenters. The van der Waals surface area contributed by atoms with Crippen molar-refractivity contribution in [3.8, 4) is 17.1 Å². The Hall–Kier alpha value is -4.83. The van der Waals surface area contributed by atoms with Gasteiger partial charge in [0.1, 0.15) is 0 Å². The van der Waals surface area contributed by atoms with Crippen LogP contribution in [0, 0.1) is 6.92 Å². The van der Waals surface area contributed by atoms with Gasteiger partial charge in [0.2, 0.25) is 11.9 Å². The number of ether oxygens (including phenoxy) is 1. The number of hydrogen-bond donors (Lipinski definition) is 2. The fraction of sp³-hybridized carbons (Fsp3) is 0.258. The number of nitrogens with zero attached hydrogens (tertiary/aromatic N) is 6. The number of nitrogens with two attached hydrogens (primary N) is 1. The molecular formula is C31H30N8O2. The highest BCUT2D eigenvalue weighted by Crippen LogP contribution is 2.40. The Balaban J connectivity index is 1.19. The molecule has 0 spiro atoms. The van der Waals surface area contributed by atoms with Crippen molar-refractivity contribution in [1.29, 1.82) is 0 Å². The Bertz CT molecular complexity index is 1810. The van der Waals surface area contributed by atoms with Gasteiger partial charge in [0.15, 0.2) is 5.82 Å². The lowest BCUT2D eigenvalue weighted by atomic mass is 10.0. The third-order valence-electron chi connectivity index (χ3n) is 7.79. The average molecular weight is 547 g/mol. The highest BCUT2D eigenvalue weighted by molar-refractivity contribution is 5.82. The lowest BCUT2D eigenvalue weighted by Gasteiger charge is -2.28. The summed E-state index contributed by atoms with van der Waals surface area (Å²) in [5.41, 5.74) is 11.4. The fourth-order valence-electron chi connectivity index (χ4n) is 5.38. The summed E-state index contributed by atoms with van der Waals surface area (Å²) in [6.07, 6.45) is 4.19. The number of nitrogen functional groups attached to an aromatic ring is 1. The first-order chi connectivity index (χ1) is 20.0. The van der Waals surface area contributed by atoms with E-state index >= 15 is 0 Å². The molecular weight excluding hydrogens is 516 g/mol. The summed E-state index contributed by atoms with van der Waals surface area (Å²) >= 11 is 0. The van der Waals surface area contributed by atoms with E-state index in [1.807, 2.05) is 43.3 Å². The quantitative estimate of drug-likeness (QED) is 0.315. The standard InChI is InChI=1S/C31H30N8O2/c1-19-25(3-2-4-27(19)39-29(40)26-12-7-21(20-5-6-20)17-22(26)18-33-39)28-35-30(32)37-31(36-28)34-23-8-10-24(11-9-23)38-13-15-41-16-14-38/h2-4,7-12,17-18,20H,5-6,13-16H2,1H3,(H3,32,34,35,36,37). The molecule has 41 heavy (non-hydrogen) atoms. The molecule has 1 aliphatic heterocycles. The van der Waals surface area contributed by atoms with Gasteiger partial charge in [-0.1, -0.05) is 18.2 Å². The van der Waals surface area contributed by atoms with E-state index in [1.54, 1.807) is 6.20 Å². The van der Waals surface area contributed by atoms with Crippen LogP contribution in [0.25, 0.3) is 27.8 Å². The number of morpholine rings is 1. The smallest absolute Gasteiger partial charge is 0.279 e. The number of fused-ring (bicyclic) bond motifs is 1. The van der Waals surface area contributed by atoms with Crippen molar-refractivity contribution in [2.75, 3.05) is 42.3 Å². The van der Waals surface area contributed by atoms with Crippen molar-refractivity contribution in [3.05, 3.63) is 88.3 Å². The number of benzene rings is 3. The van der Waals surface area contributed by atoms with E-state index in [1.165, 1.54) is 23.1 Å².